The first-order valence-corrected chi connectivity index (χ1v) is 4.14. The quantitative estimate of drug-likeness (QED) is 0.725. The van der Waals surface area contributed by atoms with Crippen molar-refractivity contribution in [1.29, 1.82) is 0 Å². The molecule has 0 saturated carbocycles. The molecule has 0 unspecified atom stereocenters. The van der Waals surface area contributed by atoms with Crippen LogP contribution in [0.5, 0.6) is 0 Å². The fraction of sp³-hybridized carbons (Fsp3) is 0.300. The molecule has 0 saturated heterocycles. The number of rotatable bonds is 1. The predicted octanol–water partition coefficient (Wildman–Crippen LogP) is 2.06. The molecule has 0 aliphatic rings. The van der Waals surface area contributed by atoms with E-state index in [-0.39, 0.29) is 0 Å². The molecule has 1 heterocycles. The Bertz CT molecular complexity index is 426. The van der Waals surface area contributed by atoms with Crippen LogP contribution in [0.4, 0.5) is 0 Å². The van der Waals surface area contributed by atoms with Crippen LogP contribution in [-0.4, -0.2) is 10.1 Å². The normalized spacial score (nSPS) is 12.2. The molecule has 0 radical (unpaired) electrons. The van der Waals surface area contributed by atoms with E-state index in [0.717, 1.165) is 11.1 Å². The van der Waals surface area contributed by atoms with E-state index in [0.29, 0.717) is 5.58 Å². The van der Waals surface area contributed by atoms with Gasteiger partial charge in [0.15, 0.2) is 12.0 Å². The minimum absolute atomic E-state index is 0.662. The van der Waals surface area contributed by atoms with Gasteiger partial charge in [0.05, 0.1) is 5.60 Å². The SMILES string of the molecule is CC(C)(O)c1cccc2ncoc12. The molecule has 0 aliphatic carbocycles. The summed E-state index contributed by atoms with van der Waals surface area (Å²) in [5, 5.41) is 9.82. The predicted molar refractivity (Wildman–Crippen MR) is 49.3 cm³/mol. The largest absolute Gasteiger partial charge is 0.443 e. The van der Waals surface area contributed by atoms with Gasteiger partial charge in [-0.1, -0.05) is 12.1 Å². The summed E-state index contributed by atoms with van der Waals surface area (Å²) >= 11 is 0. The summed E-state index contributed by atoms with van der Waals surface area (Å²) in [6.07, 6.45) is 1.39. The number of oxazole rings is 1. The fourth-order valence-electron chi connectivity index (χ4n) is 1.37. The number of hydrogen-bond donors (Lipinski definition) is 1. The van der Waals surface area contributed by atoms with Gasteiger partial charge in [0.25, 0.3) is 0 Å². The van der Waals surface area contributed by atoms with Gasteiger partial charge in [0, 0.05) is 5.56 Å². The highest BCUT2D eigenvalue weighted by atomic mass is 16.3. The fourth-order valence-corrected chi connectivity index (χ4v) is 1.37. The van der Waals surface area contributed by atoms with Gasteiger partial charge in [0.2, 0.25) is 0 Å². The number of para-hydroxylation sites is 1. The van der Waals surface area contributed by atoms with Crippen molar-refractivity contribution < 1.29 is 9.52 Å². The smallest absolute Gasteiger partial charge is 0.181 e. The zero-order valence-electron chi connectivity index (χ0n) is 7.61. The molecule has 1 N–H and O–H groups in total. The number of aromatic nitrogens is 1. The minimum atomic E-state index is -0.890. The van der Waals surface area contributed by atoms with E-state index in [1.54, 1.807) is 13.8 Å². The van der Waals surface area contributed by atoms with Gasteiger partial charge in [-0.2, -0.15) is 0 Å². The summed E-state index contributed by atoms with van der Waals surface area (Å²) < 4.78 is 5.20. The Hall–Kier alpha value is -1.35. The Morgan fingerprint density at radius 1 is 1.38 bits per heavy atom. The van der Waals surface area contributed by atoms with Crippen molar-refractivity contribution in [3.63, 3.8) is 0 Å². The first kappa shape index (κ1) is 8.26. The standard InChI is InChI=1S/C10H11NO2/c1-10(2,12)7-4-3-5-8-9(7)13-6-11-8/h3-6,12H,1-2H3. The summed E-state index contributed by atoms with van der Waals surface area (Å²) in [6.45, 7) is 3.45. The maximum Gasteiger partial charge on any atom is 0.181 e. The van der Waals surface area contributed by atoms with Crippen LogP contribution in [0.15, 0.2) is 29.0 Å². The minimum Gasteiger partial charge on any atom is -0.443 e. The van der Waals surface area contributed by atoms with E-state index >= 15 is 0 Å². The molecule has 2 rings (SSSR count). The van der Waals surface area contributed by atoms with Crippen molar-refractivity contribution in [3.05, 3.63) is 30.2 Å². The molecule has 3 heteroatoms. The molecule has 1 aromatic heterocycles. The Balaban J connectivity index is 2.75. The summed E-state index contributed by atoms with van der Waals surface area (Å²) in [5.74, 6) is 0. The number of benzene rings is 1. The summed E-state index contributed by atoms with van der Waals surface area (Å²) in [4.78, 5) is 4.02. The van der Waals surface area contributed by atoms with E-state index in [4.69, 9.17) is 4.42 Å². The van der Waals surface area contributed by atoms with Gasteiger partial charge >= 0.3 is 0 Å². The van der Waals surface area contributed by atoms with Crippen LogP contribution < -0.4 is 0 Å². The molecule has 68 valence electrons. The molecule has 0 amide bonds. The lowest BCUT2D eigenvalue weighted by molar-refractivity contribution is 0.0792. The second-order valence-corrected chi connectivity index (χ2v) is 3.57. The summed E-state index contributed by atoms with van der Waals surface area (Å²) in [6, 6.07) is 5.56. The van der Waals surface area contributed by atoms with Crippen LogP contribution in [0.25, 0.3) is 11.1 Å². The van der Waals surface area contributed by atoms with Crippen molar-refractivity contribution >= 4 is 11.1 Å². The third-order valence-corrected chi connectivity index (χ3v) is 2.02. The van der Waals surface area contributed by atoms with E-state index in [1.807, 2.05) is 18.2 Å². The van der Waals surface area contributed by atoms with Crippen LogP contribution in [0.3, 0.4) is 0 Å². The van der Waals surface area contributed by atoms with E-state index < -0.39 is 5.60 Å². The second-order valence-electron chi connectivity index (χ2n) is 3.57. The van der Waals surface area contributed by atoms with Crippen molar-refractivity contribution in [1.82, 2.24) is 4.98 Å². The van der Waals surface area contributed by atoms with Gasteiger partial charge in [-0.25, -0.2) is 4.98 Å². The Labute approximate surface area is 76.0 Å². The van der Waals surface area contributed by atoms with Crippen LogP contribution in [-0.2, 0) is 5.60 Å². The highest BCUT2D eigenvalue weighted by molar-refractivity contribution is 5.76. The van der Waals surface area contributed by atoms with E-state index in [1.165, 1.54) is 6.39 Å². The number of hydrogen-bond acceptors (Lipinski definition) is 3. The van der Waals surface area contributed by atoms with Crippen molar-refractivity contribution in [2.75, 3.05) is 0 Å². The van der Waals surface area contributed by atoms with Crippen molar-refractivity contribution in [2.45, 2.75) is 19.4 Å². The Kier molecular flexibility index (Phi) is 1.63. The molecular formula is C10H11NO2. The molecular weight excluding hydrogens is 166 g/mol. The molecule has 0 aliphatic heterocycles. The molecule has 0 fully saturated rings. The number of nitrogens with zero attached hydrogens (tertiary/aromatic N) is 1. The van der Waals surface area contributed by atoms with E-state index in [2.05, 4.69) is 4.98 Å². The third kappa shape index (κ3) is 1.31. The van der Waals surface area contributed by atoms with Gasteiger partial charge < -0.3 is 9.52 Å². The van der Waals surface area contributed by atoms with Crippen LogP contribution in [0, 0.1) is 0 Å². The van der Waals surface area contributed by atoms with E-state index in [9.17, 15) is 5.11 Å². The molecule has 0 atom stereocenters. The Morgan fingerprint density at radius 3 is 2.85 bits per heavy atom. The molecule has 2 aromatic rings. The molecule has 0 bridgehead atoms. The van der Waals surface area contributed by atoms with Crippen LogP contribution in [0.1, 0.15) is 19.4 Å². The Morgan fingerprint density at radius 2 is 2.15 bits per heavy atom. The highest BCUT2D eigenvalue weighted by Crippen LogP contribution is 2.27. The molecule has 3 nitrogen and oxygen atoms in total. The van der Waals surface area contributed by atoms with Crippen molar-refractivity contribution in [2.24, 2.45) is 0 Å². The second kappa shape index (κ2) is 2.57. The number of aliphatic hydroxyl groups is 1. The lowest BCUT2D eigenvalue weighted by Crippen LogP contribution is -2.15. The maximum atomic E-state index is 9.82. The lowest BCUT2D eigenvalue weighted by Gasteiger charge is -2.17. The third-order valence-electron chi connectivity index (χ3n) is 2.02. The monoisotopic (exact) mass is 177 g/mol. The molecule has 1 aromatic carbocycles. The van der Waals surface area contributed by atoms with Gasteiger partial charge in [-0.05, 0) is 19.9 Å². The van der Waals surface area contributed by atoms with Crippen LogP contribution >= 0.6 is 0 Å². The van der Waals surface area contributed by atoms with Gasteiger partial charge in [-0.3, -0.25) is 0 Å². The summed E-state index contributed by atoms with van der Waals surface area (Å²) in [7, 11) is 0. The highest BCUT2D eigenvalue weighted by Gasteiger charge is 2.20. The van der Waals surface area contributed by atoms with Gasteiger partial charge in [-0.15, -0.1) is 0 Å². The first-order chi connectivity index (χ1) is 6.09. The number of fused-ring (bicyclic) bond motifs is 1. The zero-order chi connectivity index (χ0) is 9.47. The zero-order valence-corrected chi connectivity index (χ0v) is 7.61. The topological polar surface area (TPSA) is 46.3 Å². The molecule has 0 spiro atoms. The molecule has 13 heavy (non-hydrogen) atoms. The van der Waals surface area contributed by atoms with Gasteiger partial charge in [0.1, 0.15) is 5.52 Å². The van der Waals surface area contributed by atoms with Crippen molar-refractivity contribution in [3.8, 4) is 0 Å². The first-order valence-electron chi connectivity index (χ1n) is 4.14. The lowest BCUT2D eigenvalue weighted by atomic mass is 9.98. The average molecular weight is 177 g/mol. The maximum absolute atomic E-state index is 9.82. The summed E-state index contributed by atoms with van der Waals surface area (Å²) in [5.41, 5.74) is 1.32. The average Bonchev–Trinajstić information content (AvgIpc) is 2.48. The van der Waals surface area contributed by atoms with Crippen LogP contribution in [0.2, 0.25) is 0 Å².